The molecule has 0 amide bonds. The van der Waals surface area contributed by atoms with E-state index < -0.39 is 0 Å². The molecule has 1 fully saturated rings. The van der Waals surface area contributed by atoms with E-state index in [9.17, 15) is 0 Å². The van der Waals surface area contributed by atoms with E-state index in [1.165, 1.54) is 0 Å². The van der Waals surface area contributed by atoms with Crippen LogP contribution in [0, 0.1) is 0 Å². The fourth-order valence-electron chi connectivity index (χ4n) is 1.49. The Hall–Kier alpha value is -0.580. The molecule has 1 aromatic rings. The zero-order valence-electron chi connectivity index (χ0n) is 8.11. The molecule has 4 nitrogen and oxygen atoms in total. The molecule has 0 bridgehead atoms. The van der Waals surface area contributed by atoms with Crippen LogP contribution in [-0.2, 0) is 18.4 Å². The zero-order valence-corrected chi connectivity index (χ0v) is 8.87. The first-order valence-corrected chi connectivity index (χ1v) is 5.08. The van der Waals surface area contributed by atoms with Crippen LogP contribution in [0.15, 0.2) is 6.20 Å². The summed E-state index contributed by atoms with van der Waals surface area (Å²) in [5.41, 5.74) is 5.65. The van der Waals surface area contributed by atoms with Gasteiger partial charge in [0.15, 0.2) is 0 Å². The number of aromatic nitrogens is 2. The first-order chi connectivity index (χ1) is 6.66. The van der Waals surface area contributed by atoms with E-state index >= 15 is 0 Å². The normalized spacial score (nSPS) is 26.2. The Morgan fingerprint density at radius 1 is 1.71 bits per heavy atom. The van der Waals surface area contributed by atoms with Gasteiger partial charge in [-0.05, 0) is 12.8 Å². The van der Waals surface area contributed by atoms with Crippen LogP contribution in [0.4, 0.5) is 0 Å². The van der Waals surface area contributed by atoms with E-state index in [1.54, 1.807) is 6.20 Å². The average molecular weight is 216 g/mol. The van der Waals surface area contributed by atoms with Gasteiger partial charge in [-0.15, -0.1) is 0 Å². The predicted molar refractivity (Wildman–Crippen MR) is 54.0 cm³/mol. The van der Waals surface area contributed by atoms with Crippen molar-refractivity contribution in [2.24, 2.45) is 12.8 Å². The smallest absolute Gasteiger partial charge is 0.135 e. The summed E-state index contributed by atoms with van der Waals surface area (Å²) in [6, 6.07) is 0.324. The summed E-state index contributed by atoms with van der Waals surface area (Å²) < 4.78 is 7.43. The third kappa shape index (κ3) is 1.92. The molecule has 2 rings (SSSR count). The zero-order chi connectivity index (χ0) is 10.1. The average Bonchev–Trinajstić information content (AvgIpc) is 2.41. The second-order valence-corrected chi connectivity index (χ2v) is 4.11. The van der Waals surface area contributed by atoms with Crippen molar-refractivity contribution in [2.75, 3.05) is 0 Å². The van der Waals surface area contributed by atoms with Crippen LogP contribution in [0.5, 0.6) is 0 Å². The molecule has 0 spiro atoms. The molecule has 0 aliphatic heterocycles. The molecular formula is C9H14ClN3O. The summed E-state index contributed by atoms with van der Waals surface area (Å²) in [5.74, 6) is 0.857. The third-order valence-corrected chi connectivity index (χ3v) is 2.96. The Kier molecular flexibility index (Phi) is 2.76. The molecule has 0 aromatic carbocycles. The highest BCUT2D eigenvalue weighted by Crippen LogP contribution is 2.22. The topological polar surface area (TPSA) is 53.1 Å². The minimum absolute atomic E-state index is 0.306. The van der Waals surface area contributed by atoms with Crippen LogP contribution >= 0.6 is 11.6 Å². The van der Waals surface area contributed by atoms with Gasteiger partial charge in [0.05, 0.1) is 12.3 Å². The van der Waals surface area contributed by atoms with Crippen molar-refractivity contribution in [1.29, 1.82) is 0 Å². The van der Waals surface area contributed by atoms with E-state index in [0.717, 1.165) is 18.7 Å². The number of nitrogens with zero attached hydrogens (tertiary/aromatic N) is 2. The molecule has 78 valence electrons. The maximum Gasteiger partial charge on any atom is 0.135 e. The van der Waals surface area contributed by atoms with Gasteiger partial charge >= 0.3 is 0 Å². The molecule has 1 aliphatic carbocycles. The highest BCUT2D eigenvalue weighted by molar-refractivity contribution is 6.29. The Morgan fingerprint density at radius 3 is 2.93 bits per heavy atom. The van der Waals surface area contributed by atoms with Gasteiger partial charge in [0.1, 0.15) is 17.6 Å². The van der Waals surface area contributed by atoms with E-state index in [4.69, 9.17) is 22.1 Å². The monoisotopic (exact) mass is 215 g/mol. The Balaban J connectivity index is 1.83. The van der Waals surface area contributed by atoms with Gasteiger partial charge < -0.3 is 15.0 Å². The molecule has 1 aliphatic rings. The Bertz CT molecular complexity index is 320. The largest absolute Gasteiger partial charge is 0.370 e. The minimum atomic E-state index is 0.306. The lowest BCUT2D eigenvalue weighted by atomic mass is 9.90. The van der Waals surface area contributed by atoms with Gasteiger partial charge in [-0.1, -0.05) is 11.6 Å². The number of hydrogen-bond donors (Lipinski definition) is 1. The lowest BCUT2D eigenvalue weighted by molar-refractivity contribution is -0.0223. The molecule has 1 saturated carbocycles. The molecule has 0 atom stereocenters. The molecule has 2 N–H and O–H groups in total. The molecule has 14 heavy (non-hydrogen) atoms. The fourth-order valence-corrected chi connectivity index (χ4v) is 1.64. The molecule has 0 radical (unpaired) electrons. The fraction of sp³-hybridized carbons (Fsp3) is 0.667. The van der Waals surface area contributed by atoms with Gasteiger partial charge in [0.2, 0.25) is 0 Å². The summed E-state index contributed by atoms with van der Waals surface area (Å²) in [6.07, 6.45) is 3.85. The van der Waals surface area contributed by atoms with E-state index in [0.29, 0.717) is 23.9 Å². The number of hydrogen-bond acceptors (Lipinski definition) is 3. The Labute approximate surface area is 88.0 Å². The van der Waals surface area contributed by atoms with Gasteiger partial charge in [0, 0.05) is 13.1 Å². The lowest BCUT2D eigenvalue weighted by Crippen LogP contribution is -2.41. The maximum atomic E-state index is 5.84. The lowest BCUT2D eigenvalue weighted by Gasteiger charge is -2.31. The number of ether oxygens (including phenoxy) is 1. The summed E-state index contributed by atoms with van der Waals surface area (Å²) in [5, 5.41) is 0.633. The first-order valence-electron chi connectivity index (χ1n) is 4.70. The van der Waals surface area contributed by atoms with Crippen LogP contribution in [-0.4, -0.2) is 21.7 Å². The van der Waals surface area contributed by atoms with E-state index in [2.05, 4.69) is 4.98 Å². The van der Waals surface area contributed by atoms with Crippen molar-refractivity contribution in [3.05, 3.63) is 17.2 Å². The van der Waals surface area contributed by atoms with Gasteiger partial charge in [-0.3, -0.25) is 0 Å². The Morgan fingerprint density at radius 2 is 2.43 bits per heavy atom. The highest BCUT2D eigenvalue weighted by Gasteiger charge is 2.26. The van der Waals surface area contributed by atoms with Crippen LogP contribution in [0.2, 0.25) is 5.15 Å². The van der Waals surface area contributed by atoms with Gasteiger partial charge in [-0.25, -0.2) is 4.98 Å². The van der Waals surface area contributed by atoms with Crippen LogP contribution in [0.3, 0.4) is 0 Å². The molecule has 0 saturated heterocycles. The molecule has 1 heterocycles. The number of halogens is 1. The second-order valence-electron chi connectivity index (χ2n) is 3.72. The van der Waals surface area contributed by atoms with Crippen LogP contribution in [0.1, 0.15) is 18.7 Å². The predicted octanol–water partition coefficient (Wildman–Crippen LogP) is 1.08. The van der Waals surface area contributed by atoms with Gasteiger partial charge in [-0.2, -0.15) is 0 Å². The van der Waals surface area contributed by atoms with Crippen molar-refractivity contribution in [1.82, 2.24) is 9.55 Å². The SMILES string of the molecule is Cn1c(Cl)cnc1COC1CC(N)C1. The van der Waals surface area contributed by atoms with E-state index in [-0.39, 0.29) is 0 Å². The van der Waals surface area contributed by atoms with Crippen LogP contribution < -0.4 is 5.73 Å². The molecule has 0 unspecified atom stereocenters. The van der Waals surface area contributed by atoms with Crippen molar-refractivity contribution < 1.29 is 4.74 Å². The van der Waals surface area contributed by atoms with Crippen molar-refractivity contribution in [2.45, 2.75) is 31.6 Å². The summed E-state index contributed by atoms with van der Waals surface area (Å²) >= 11 is 5.84. The summed E-state index contributed by atoms with van der Waals surface area (Å²) in [4.78, 5) is 4.14. The van der Waals surface area contributed by atoms with Crippen molar-refractivity contribution in [3.8, 4) is 0 Å². The highest BCUT2D eigenvalue weighted by atomic mass is 35.5. The number of nitrogens with two attached hydrogens (primary N) is 1. The third-order valence-electron chi connectivity index (χ3n) is 2.61. The minimum Gasteiger partial charge on any atom is -0.370 e. The van der Waals surface area contributed by atoms with Crippen molar-refractivity contribution in [3.63, 3.8) is 0 Å². The summed E-state index contributed by atoms with van der Waals surface area (Å²) in [7, 11) is 1.88. The number of rotatable bonds is 3. The summed E-state index contributed by atoms with van der Waals surface area (Å²) in [6.45, 7) is 0.514. The number of imidazole rings is 1. The second kappa shape index (κ2) is 3.88. The maximum absolute atomic E-state index is 5.84. The quantitative estimate of drug-likeness (QED) is 0.821. The van der Waals surface area contributed by atoms with E-state index in [1.807, 2.05) is 11.6 Å². The molecular weight excluding hydrogens is 202 g/mol. The standard InChI is InChI=1S/C9H14ClN3O/c1-13-8(10)4-12-9(13)5-14-7-2-6(11)3-7/h4,6-7H,2-3,5,11H2,1H3. The van der Waals surface area contributed by atoms with Gasteiger partial charge in [0.25, 0.3) is 0 Å². The van der Waals surface area contributed by atoms with Crippen LogP contribution in [0.25, 0.3) is 0 Å². The van der Waals surface area contributed by atoms with Crippen molar-refractivity contribution >= 4 is 11.6 Å². The first kappa shape index (κ1) is 9.96. The molecule has 1 aromatic heterocycles. The molecule has 5 heteroatoms.